The van der Waals surface area contributed by atoms with Gasteiger partial charge in [0.15, 0.2) is 0 Å². The highest BCUT2D eigenvalue weighted by Gasteiger charge is 2.52. The van der Waals surface area contributed by atoms with Gasteiger partial charge in [0, 0.05) is 13.0 Å². The first-order valence-electron chi connectivity index (χ1n) is 4.15. The van der Waals surface area contributed by atoms with Crippen molar-refractivity contribution in [3.05, 3.63) is 0 Å². The lowest BCUT2D eigenvalue weighted by molar-refractivity contribution is -0.138. The molecule has 1 saturated heterocycles. The lowest BCUT2D eigenvalue weighted by Gasteiger charge is -2.13. The van der Waals surface area contributed by atoms with Gasteiger partial charge >= 0.3 is 5.97 Å². The highest BCUT2D eigenvalue weighted by molar-refractivity contribution is 5.67. The van der Waals surface area contributed by atoms with E-state index in [0.29, 0.717) is 17.8 Å². The van der Waals surface area contributed by atoms with Crippen molar-refractivity contribution in [2.45, 2.75) is 19.3 Å². The van der Waals surface area contributed by atoms with Gasteiger partial charge in [0.2, 0.25) is 0 Å². The Hall–Kier alpha value is -0.570. The van der Waals surface area contributed by atoms with Crippen LogP contribution in [0.3, 0.4) is 0 Å². The van der Waals surface area contributed by atoms with Crippen LogP contribution >= 0.6 is 0 Å². The van der Waals surface area contributed by atoms with E-state index in [1.807, 2.05) is 0 Å². The molecule has 0 unspecified atom stereocenters. The number of carbonyl (C=O) groups is 1. The second-order valence-corrected chi connectivity index (χ2v) is 3.79. The molecule has 1 saturated carbocycles. The van der Waals surface area contributed by atoms with E-state index in [9.17, 15) is 4.79 Å². The van der Waals surface area contributed by atoms with E-state index in [-0.39, 0.29) is 0 Å². The maximum atomic E-state index is 10.4. The minimum atomic E-state index is -0.648. The van der Waals surface area contributed by atoms with Crippen molar-refractivity contribution in [1.82, 2.24) is 5.32 Å². The van der Waals surface area contributed by atoms with Crippen LogP contribution in [0.4, 0.5) is 0 Å². The summed E-state index contributed by atoms with van der Waals surface area (Å²) in [7, 11) is 0. The summed E-state index contributed by atoms with van der Waals surface area (Å²) in [5.41, 5.74) is 0.401. The van der Waals surface area contributed by atoms with Gasteiger partial charge < -0.3 is 10.4 Å². The van der Waals surface area contributed by atoms with Gasteiger partial charge in [-0.05, 0) is 30.7 Å². The fourth-order valence-electron chi connectivity index (χ4n) is 2.10. The van der Waals surface area contributed by atoms with E-state index < -0.39 is 5.97 Å². The second-order valence-electron chi connectivity index (χ2n) is 3.79. The van der Waals surface area contributed by atoms with Crippen LogP contribution in [0.1, 0.15) is 19.3 Å². The lowest BCUT2D eigenvalue weighted by atomic mass is 9.90. The van der Waals surface area contributed by atoms with Gasteiger partial charge in [-0.1, -0.05) is 0 Å². The molecule has 2 N–H and O–H groups in total. The highest BCUT2D eigenvalue weighted by Crippen LogP contribution is 2.54. The minimum Gasteiger partial charge on any atom is -0.481 e. The molecule has 1 aliphatic heterocycles. The van der Waals surface area contributed by atoms with Crippen LogP contribution in [-0.4, -0.2) is 24.2 Å². The first-order chi connectivity index (χ1) is 5.23. The average Bonchev–Trinajstić information content (AvgIpc) is 2.56. The molecule has 0 bridgehead atoms. The molecule has 0 aromatic carbocycles. The zero-order valence-corrected chi connectivity index (χ0v) is 6.47. The predicted octanol–water partition coefficient (Wildman–Crippen LogP) is 0.461. The van der Waals surface area contributed by atoms with Gasteiger partial charge in [-0.15, -0.1) is 0 Å². The molecule has 0 radical (unpaired) electrons. The molecule has 1 aliphatic carbocycles. The summed E-state index contributed by atoms with van der Waals surface area (Å²) in [6.07, 6.45) is 2.82. The summed E-state index contributed by atoms with van der Waals surface area (Å²) in [5, 5.41) is 11.9. The van der Waals surface area contributed by atoms with Crippen LogP contribution < -0.4 is 5.32 Å². The molecule has 0 aromatic rings. The Morgan fingerprint density at radius 1 is 1.64 bits per heavy atom. The largest absolute Gasteiger partial charge is 0.481 e. The van der Waals surface area contributed by atoms with E-state index >= 15 is 0 Å². The van der Waals surface area contributed by atoms with Gasteiger partial charge in [0.1, 0.15) is 0 Å². The third-order valence-electron chi connectivity index (χ3n) is 3.05. The van der Waals surface area contributed by atoms with Crippen molar-refractivity contribution in [2.24, 2.45) is 11.3 Å². The van der Waals surface area contributed by atoms with E-state index in [1.165, 1.54) is 12.8 Å². The number of hydrogen-bond donors (Lipinski definition) is 2. The van der Waals surface area contributed by atoms with E-state index in [2.05, 4.69) is 5.32 Å². The van der Waals surface area contributed by atoms with Crippen LogP contribution in [0.25, 0.3) is 0 Å². The Balaban J connectivity index is 1.97. The van der Waals surface area contributed by atoms with Gasteiger partial charge in [-0.3, -0.25) is 4.79 Å². The van der Waals surface area contributed by atoms with Gasteiger partial charge in [-0.25, -0.2) is 0 Å². The molecule has 2 aliphatic rings. The molecule has 2 fully saturated rings. The van der Waals surface area contributed by atoms with Crippen LogP contribution in [-0.2, 0) is 4.79 Å². The van der Waals surface area contributed by atoms with Crippen LogP contribution in [0.5, 0.6) is 0 Å². The first kappa shape index (κ1) is 7.10. The second kappa shape index (κ2) is 2.21. The highest BCUT2D eigenvalue weighted by atomic mass is 16.4. The third kappa shape index (κ3) is 1.13. The van der Waals surface area contributed by atoms with Gasteiger partial charge in [0.25, 0.3) is 0 Å². The minimum absolute atomic E-state index is 0.354. The monoisotopic (exact) mass is 155 g/mol. The maximum Gasteiger partial charge on any atom is 0.303 e. The number of carboxylic acid groups (broad SMARTS) is 1. The van der Waals surface area contributed by atoms with Crippen molar-refractivity contribution >= 4 is 5.97 Å². The number of carboxylic acids is 1. The van der Waals surface area contributed by atoms with Crippen LogP contribution in [0, 0.1) is 11.3 Å². The van der Waals surface area contributed by atoms with Crippen molar-refractivity contribution in [2.75, 3.05) is 13.1 Å². The van der Waals surface area contributed by atoms with Crippen molar-refractivity contribution in [1.29, 1.82) is 0 Å². The SMILES string of the molecule is O=C(O)C[C@@H]1CNCC12CC2. The summed E-state index contributed by atoms with van der Waals surface area (Å²) < 4.78 is 0. The van der Waals surface area contributed by atoms with E-state index in [1.54, 1.807) is 0 Å². The molecule has 11 heavy (non-hydrogen) atoms. The molecular formula is C8H13NO2. The molecule has 0 aromatic heterocycles. The molecule has 1 heterocycles. The average molecular weight is 155 g/mol. The standard InChI is InChI=1S/C8H13NO2/c10-7(11)3-6-4-9-5-8(6)1-2-8/h6,9H,1-5H2,(H,10,11)/t6-/m1/s1. The lowest BCUT2D eigenvalue weighted by Crippen LogP contribution is -2.17. The molecule has 0 amide bonds. The molecule has 3 heteroatoms. The van der Waals surface area contributed by atoms with Crippen LogP contribution in [0.15, 0.2) is 0 Å². The Morgan fingerprint density at radius 3 is 2.91 bits per heavy atom. The number of hydrogen-bond acceptors (Lipinski definition) is 2. The molecule has 3 nitrogen and oxygen atoms in total. The van der Waals surface area contributed by atoms with E-state index in [4.69, 9.17) is 5.11 Å². The Kier molecular flexibility index (Phi) is 1.42. The zero-order chi connectivity index (χ0) is 7.90. The number of aliphatic carboxylic acids is 1. The number of rotatable bonds is 2. The predicted molar refractivity (Wildman–Crippen MR) is 40.3 cm³/mol. The normalized spacial score (nSPS) is 32.5. The molecule has 1 atom stereocenters. The van der Waals surface area contributed by atoms with Gasteiger partial charge in [-0.2, -0.15) is 0 Å². The molecule has 62 valence electrons. The van der Waals surface area contributed by atoms with Crippen molar-refractivity contribution < 1.29 is 9.90 Å². The smallest absolute Gasteiger partial charge is 0.303 e. The van der Waals surface area contributed by atoms with Crippen molar-refractivity contribution in [3.8, 4) is 0 Å². The first-order valence-corrected chi connectivity index (χ1v) is 4.15. The summed E-state index contributed by atoms with van der Waals surface area (Å²) in [4.78, 5) is 10.4. The Bertz CT molecular complexity index is 187. The third-order valence-corrected chi connectivity index (χ3v) is 3.05. The molecule has 2 rings (SSSR count). The molecular weight excluding hydrogens is 142 g/mol. The quantitative estimate of drug-likeness (QED) is 0.609. The maximum absolute atomic E-state index is 10.4. The van der Waals surface area contributed by atoms with Crippen molar-refractivity contribution in [3.63, 3.8) is 0 Å². The Morgan fingerprint density at radius 2 is 2.36 bits per heavy atom. The summed E-state index contributed by atoms with van der Waals surface area (Å²) in [6, 6.07) is 0. The topological polar surface area (TPSA) is 49.3 Å². The Labute approximate surface area is 65.8 Å². The summed E-state index contributed by atoms with van der Waals surface area (Å²) in [5.74, 6) is -0.245. The fraction of sp³-hybridized carbons (Fsp3) is 0.875. The summed E-state index contributed by atoms with van der Waals surface area (Å²) in [6.45, 7) is 1.96. The van der Waals surface area contributed by atoms with Gasteiger partial charge in [0.05, 0.1) is 0 Å². The fourth-order valence-corrected chi connectivity index (χ4v) is 2.10. The van der Waals surface area contributed by atoms with E-state index in [0.717, 1.165) is 13.1 Å². The van der Waals surface area contributed by atoms with Crippen LogP contribution in [0.2, 0.25) is 0 Å². The molecule has 1 spiro atoms. The zero-order valence-electron chi connectivity index (χ0n) is 6.47. The number of nitrogens with one attached hydrogen (secondary N) is 1. The summed E-state index contributed by atoms with van der Waals surface area (Å²) >= 11 is 0.